The molecule has 158 valence electrons. The van der Waals surface area contributed by atoms with Crippen LogP contribution < -0.4 is 9.47 Å². The lowest BCUT2D eigenvalue weighted by Gasteiger charge is -2.12. The van der Waals surface area contributed by atoms with Gasteiger partial charge in [0.1, 0.15) is 11.6 Å². The van der Waals surface area contributed by atoms with E-state index in [1.807, 2.05) is 47.0 Å². The van der Waals surface area contributed by atoms with Gasteiger partial charge in [0.2, 0.25) is 0 Å². The minimum absolute atomic E-state index is 0.00257. The van der Waals surface area contributed by atoms with Gasteiger partial charge in [-0.25, -0.2) is 8.78 Å². The van der Waals surface area contributed by atoms with Crippen molar-refractivity contribution in [3.8, 4) is 28.6 Å². The van der Waals surface area contributed by atoms with Gasteiger partial charge in [-0.05, 0) is 42.5 Å². The molecule has 0 aliphatic heterocycles. The van der Waals surface area contributed by atoms with Crippen LogP contribution in [0.5, 0.6) is 11.5 Å². The molecule has 0 unspecified atom stereocenters. The van der Waals surface area contributed by atoms with Crippen LogP contribution >= 0.6 is 11.8 Å². The van der Waals surface area contributed by atoms with E-state index in [-0.39, 0.29) is 11.3 Å². The Bertz CT molecular complexity index is 1180. The van der Waals surface area contributed by atoms with Crippen molar-refractivity contribution in [2.45, 2.75) is 10.9 Å². The van der Waals surface area contributed by atoms with Crippen LogP contribution in [0, 0.1) is 11.6 Å². The number of benzene rings is 3. The number of para-hydroxylation sites is 1. The molecule has 4 aromatic rings. The Morgan fingerprint density at radius 3 is 2.23 bits per heavy atom. The molecular weight excluding hydrogens is 420 g/mol. The van der Waals surface area contributed by atoms with Crippen molar-refractivity contribution in [2.24, 2.45) is 0 Å². The Hall–Kier alpha value is -3.39. The molecule has 0 atom stereocenters. The number of methoxy groups -OCH3 is 2. The van der Waals surface area contributed by atoms with Crippen LogP contribution in [0.4, 0.5) is 8.78 Å². The molecule has 0 saturated heterocycles. The third-order valence-corrected chi connectivity index (χ3v) is 5.65. The minimum atomic E-state index is -0.585. The molecular formula is C23H19F2N3O2S. The van der Waals surface area contributed by atoms with Gasteiger partial charge in [0.05, 0.1) is 14.2 Å². The standard InChI is InChI=1S/C23H19F2N3O2S/c1-29-20-12-11-15(13-21(20)30-2)22-26-27-23(28(22)16-7-4-3-5-8-16)31-14-17-18(24)9-6-10-19(17)25/h3-13H,14H2,1-2H3. The van der Waals surface area contributed by atoms with Gasteiger partial charge in [0, 0.05) is 22.6 Å². The van der Waals surface area contributed by atoms with Crippen LogP contribution in [0.15, 0.2) is 71.9 Å². The van der Waals surface area contributed by atoms with Crippen LogP contribution in [0.2, 0.25) is 0 Å². The van der Waals surface area contributed by atoms with Gasteiger partial charge < -0.3 is 9.47 Å². The maximum atomic E-state index is 14.1. The highest BCUT2D eigenvalue weighted by Crippen LogP contribution is 2.35. The average Bonchev–Trinajstić information content (AvgIpc) is 3.22. The van der Waals surface area contributed by atoms with Crippen molar-refractivity contribution < 1.29 is 18.3 Å². The monoisotopic (exact) mass is 439 g/mol. The molecule has 0 spiro atoms. The van der Waals surface area contributed by atoms with E-state index in [4.69, 9.17) is 9.47 Å². The zero-order valence-corrected chi connectivity index (χ0v) is 17.7. The minimum Gasteiger partial charge on any atom is -0.493 e. The molecule has 31 heavy (non-hydrogen) atoms. The number of halogens is 2. The van der Waals surface area contributed by atoms with E-state index < -0.39 is 11.6 Å². The summed E-state index contributed by atoms with van der Waals surface area (Å²) in [6, 6.07) is 18.8. The summed E-state index contributed by atoms with van der Waals surface area (Å²) in [5, 5.41) is 9.17. The summed E-state index contributed by atoms with van der Waals surface area (Å²) in [6.07, 6.45) is 0. The number of rotatable bonds is 7. The molecule has 4 rings (SSSR count). The molecule has 0 radical (unpaired) electrons. The van der Waals surface area contributed by atoms with E-state index in [1.54, 1.807) is 20.3 Å². The molecule has 0 fully saturated rings. The molecule has 1 heterocycles. The number of thioether (sulfide) groups is 1. The second-order valence-corrected chi connectivity index (χ2v) is 7.48. The first-order valence-electron chi connectivity index (χ1n) is 9.41. The Balaban J connectivity index is 1.77. The van der Waals surface area contributed by atoms with E-state index in [0.717, 1.165) is 11.3 Å². The topological polar surface area (TPSA) is 49.2 Å². The zero-order valence-electron chi connectivity index (χ0n) is 16.9. The normalized spacial score (nSPS) is 10.8. The van der Waals surface area contributed by atoms with Gasteiger partial charge in [-0.3, -0.25) is 4.57 Å². The third kappa shape index (κ3) is 4.25. The van der Waals surface area contributed by atoms with Gasteiger partial charge >= 0.3 is 0 Å². The summed E-state index contributed by atoms with van der Waals surface area (Å²) in [5.74, 6) is 0.641. The van der Waals surface area contributed by atoms with E-state index in [0.29, 0.717) is 22.5 Å². The third-order valence-electron chi connectivity index (χ3n) is 4.70. The number of hydrogen-bond donors (Lipinski definition) is 0. The van der Waals surface area contributed by atoms with Gasteiger partial charge in [-0.1, -0.05) is 36.0 Å². The summed E-state index contributed by atoms with van der Waals surface area (Å²) >= 11 is 1.21. The van der Waals surface area contributed by atoms with Crippen molar-refractivity contribution >= 4 is 11.8 Å². The van der Waals surface area contributed by atoms with Gasteiger partial charge in [-0.15, -0.1) is 10.2 Å². The predicted molar refractivity (Wildman–Crippen MR) is 116 cm³/mol. The molecule has 0 saturated carbocycles. The molecule has 0 aliphatic rings. The first kappa shape index (κ1) is 20.9. The van der Waals surface area contributed by atoms with Crippen LogP contribution in [-0.2, 0) is 5.75 Å². The Labute approximate surface area is 182 Å². The lowest BCUT2D eigenvalue weighted by molar-refractivity contribution is 0.355. The van der Waals surface area contributed by atoms with Crippen molar-refractivity contribution in [1.82, 2.24) is 14.8 Å². The summed E-state index contributed by atoms with van der Waals surface area (Å²) in [6.45, 7) is 0. The maximum absolute atomic E-state index is 14.1. The quantitative estimate of drug-likeness (QED) is 0.355. The molecule has 1 aromatic heterocycles. The van der Waals surface area contributed by atoms with E-state index in [9.17, 15) is 8.78 Å². The molecule has 3 aromatic carbocycles. The van der Waals surface area contributed by atoms with Gasteiger partial charge in [0.15, 0.2) is 22.5 Å². The summed E-state index contributed by atoms with van der Waals surface area (Å²) in [4.78, 5) is 0. The van der Waals surface area contributed by atoms with Crippen LogP contribution in [-0.4, -0.2) is 29.0 Å². The van der Waals surface area contributed by atoms with E-state index in [1.165, 1.54) is 30.0 Å². The molecule has 0 amide bonds. The number of hydrogen-bond acceptors (Lipinski definition) is 5. The molecule has 0 aliphatic carbocycles. The molecule has 5 nitrogen and oxygen atoms in total. The van der Waals surface area contributed by atoms with E-state index >= 15 is 0 Å². The summed E-state index contributed by atoms with van der Waals surface area (Å²) in [5.41, 5.74) is 1.59. The van der Waals surface area contributed by atoms with Crippen molar-refractivity contribution in [1.29, 1.82) is 0 Å². The van der Waals surface area contributed by atoms with Crippen molar-refractivity contribution in [3.05, 3.63) is 83.9 Å². The first-order chi connectivity index (χ1) is 15.1. The van der Waals surface area contributed by atoms with E-state index in [2.05, 4.69) is 10.2 Å². The molecule has 0 N–H and O–H groups in total. The zero-order chi connectivity index (χ0) is 21.8. The Morgan fingerprint density at radius 2 is 1.55 bits per heavy atom. The Kier molecular flexibility index (Phi) is 6.18. The number of ether oxygens (including phenoxy) is 2. The van der Waals surface area contributed by atoms with Gasteiger partial charge in [-0.2, -0.15) is 0 Å². The Morgan fingerprint density at radius 1 is 0.839 bits per heavy atom. The fourth-order valence-electron chi connectivity index (χ4n) is 3.14. The van der Waals surface area contributed by atoms with Crippen LogP contribution in [0.25, 0.3) is 17.1 Å². The highest BCUT2D eigenvalue weighted by molar-refractivity contribution is 7.98. The molecule has 8 heteroatoms. The van der Waals surface area contributed by atoms with Crippen LogP contribution in [0.1, 0.15) is 5.56 Å². The first-order valence-corrected chi connectivity index (χ1v) is 10.4. The lowest BCUT2D eigenvalue weighted by Crippen LogP contribution is -2.01. The summed E-state index contributed by atoms with van der Waals surface area (Å²) < 4.78 is 40.7. The summed E-state index contributed by atoms with van der Waals surface area (Å²) in [7, 11) is 3.13. The molecule has 0 bridgehead atoms. The highest BCUT2D eigenvalue weighted by atomic mass is 32.2. The number of aromatic nitrogens is 3. The van der Waals surface area contributed by atoms with Gasteiger partial charge in [0.25, 0.3) is 0 Å². The largest absolute Gasteiger partial charge is 0.493 e. The smallest absolute Gasteiger partial charge is 0.196 e. The lowest BCUT2D eigenvalue weighted by atomic mass is 10.2. The predicted octanol–water partition coefficient (Wildman–Crippen LogP) is 5.52. The second-order valence-electron chi connectivity index (χ2n) is 6.54. The number of nitrogens with zero attached hydrogens (tertiary/aromatic N) is 3. The van der Waals surface area contributed by atoms with Crippen molar-refractivity contribution in [3.63, 3.8) is 0 Å². The highest BCUT2D eigenvalue weighted by Gasteiger charge is 2.19. The average molecular weight is 439 g/mol. The second kappa shape index (κ2) is 9.18. The fourth-order valence-corrected chi connectivity index (χ4v) is 4.11. The van der Waals surface area contributed by atoms with Crippen LogP contribution in [0.3, 0.4) is 0 Å². The fraction of sp³-hybridized carbons (Fsp3) is 0.130. The SMILES string of the molecule is COc1ccc(-c2nnc(SCc3c(F)cccc3F)n2-c2ccccc2)cc1OC. The van der Waals surface area contributed by atoms with Crippen molar-refractivity contribution in [2.75, 3.05) is 14.2 Å². The maximum Gasteiger partial charge on any atom is 0.196 e.